The highest BCUT2D eigenvalue weighted by atomic mass is 16.3. The Hall–Kier alpha value is -1.67. The number of pyridine rings is 1. The number of hydrogen-bond donors (Lipinski definition) is 1. The SMILES string of the molecule is C[C@]1(CO)CC[C@H](c2ccc3c(c2)CC[C@@H](CCc2ccncc2)C3)C1. The highest BCUT2D eigenvalue weighted by molar-refractivity contribution is 5.36. The highest BCUT2D eigenvalue weighted by Crippen LogP contribution is 2.46. The van der Waals surface area contributed by atoms with Crippen LogP contribution >= 0.6 is 0 Å². The summed E-state index contributed by atoms with van der Waals surface area (Å²) in [5.74, 6) is 1.45. The molecule has 2 aliphatic carbocycles. The molecule has 1 heterocycles. The van der Waals surface area contributed by atoms with Gasteiger partial charge in [-0.2, -0.15) is 0 Å². The molecule has 1 aromatic carbocycles. The number of aromatic nitrogens is 1. The fourth-order valence-electron chi connectivity index (χ4n) is 5.02. The average molecular weight is 350 g/mol. The number of aliphatic hydroxyl groups is 1. The van der Waals surface area contributed by atoms with Crippen LogP contribution in [0.3, 0.4) is 0 Å². The zero-order valence-corrected chi connectivity index (χ0v) is 16.0. The van der Waals surface area contributed by atoms with E-state index in [4.69, 9.17) is 0 Å². The van der Waals surface area contributed by atoms with E-state index in [9.17, 15) is 5.11 Å². The number of aliphatic hydroxyl groups excluding tert-OH is 1. The van der Waals surface area contributed by atoms with E-state index in [-0.39, 0.29) is 5.41 Å². The van der Waals surface area contributed by atoms with Gasteiger partial charge in [-0.15, -0.1) is 0 Å². The van der Waals surface area contributed by atoms with Gasteiger partial charge in [-0.3, -0.25) is 4.98 Å². The van der Waals surface area contributed by atoms with E-state index in [0.29, 0.717) is 12.5 Å². The second-order valence-corrected chi connectivity index (χ2v) is 8.94. The minimum Gasteiger partial charge on any atom is -0.396 e. The fraction of sp³-hybridized carbons (Fsp3) is 0.542. The molecule has 0 radical (unpaired) electrons. The first-order valence-corrected chi connectivity index (χ1v) is 10.3. The Morgan fingerprint density at radius 2 is 1.96 bits per heavy atom. The predicted octanol–water partition coefficient (Wildman–Crippen LogP) is 5.09. The van der Waals surface area contributed by atoms with Crippen molar-refractivity contribution in [1.82, 2.24) is 4.98 Å². The molecule has 0 saturated heterocycles. The molecule has 1 N–H and O–H groups in total. The third-order valence-corrected chi connectivity index (χ3v) is 6.84. The first kappa shape index (κ1) is 17.7. The molecular weight excluding hydrogens is 318 g/mol. The number of benzene rings is 1. The lowest BCUT2D eigenvalue weighted by atomic mass is 9.79. The van der Waals surface area contributed by atoms with E-state index < -0.39 is 0 Å². The fourth-order valence-corrected chi connectivity index (χ4v) is 5.02. The maximum absolute atomic E-state index is 9.64. The van der Waals surface area contributed by atoms with Crippen LogP contribution in [0.2, 0.25) is 0 Å². The maximum Gasteiger partial charge on any atom is 0.0484 e. The van der Waals surface area contributed by atoms with Crippen LogP contribution in [0.1, 0.15) is 67.2 Å². The van der Waals surface area contributed by atoms with Crippen molar-refractivity contribution in [2.24, 2.45) is 11.3 Å². The molecule has 2 aromatic rings. The van der Waals surface area contributed by atoms with Crippen LogP contribution in [0.5, 0.6) is 0 Å². The summed E-state index contributed by atoms with van der Waals surface area (Å²) >= 11 is 0. The Morgan fingerprint density at radius 3 is 2.73 bits per heavy atom. The van der Waals surface area contributed by atoms with Gasteiger partial charge in [0.25, 0.3) is 0 Å². The molecule has 3 atom stereocenters. The number of rotatable bonds is 5. The Balaban J connectivity index is 1.38. The van der Waals surface area contributed by atoms with Gasteiger partial charge < -0.3 is 5.11 Å². The Kier molecular flexibility index (Phi) is 5.13. The van der Waals surface area contributed by atoms with Crippen molar-refractivity contribution in [1.29, 1.82) is 0 Å². The second kappa shape index (κ2) is 7.52. The van der Waals surface area contributed by atoms with Crippen molar-refractivity contribution in [3.63, 3.8) is 0 Å². The lowest BCUT2D eigenvalue weighted by molar-refractivity contribution is 0.147. The van der Waals surface area contributed by atoms with Gasteiger partial charge in [0.1, 0.15) is 0 Å². The Labute approximate surface area is 157 Å². The van der Waals surface area contributed by atoms with Crippen molar-refractivity contribution in [2.45, 2.75) is 64.2 Å². The van der Waals surface area contributed by atoms with Crippen LogP contribution in [0, 0.1) is 11.3 Å². The van der Waals surface area contributed by atoms with Crippen LogP contribution in [0.15, 0.2) is 42.7 Å². The standard InChI is InChI=1S/C24H31NO/c1-24(17-26)11-8-23(16-24)22-7-6-20-14-19(4-5-21(20)15-22)3-2-18-9-12-25-13-10-18/h6-7,9-10,12-13,15,19,23,26H,2-5,8,11,14,16-17H2,1H3/t19-,23+,24+/m1/s1. The molecule has 0 bridgehead atoms. The quantitative estimate of drug-likeness (QED) is 0.816. The van der Waals surface area contributed by atoms with Crippen molar-refractivity contribution >= 4 is 0 Å². The summed E-state index contributed by atoms with van der Waals surface area (Å²) in [6, 6.07) is 11.5. The van der Waals surface area contributed by atoms with Crippen LogP contribution in [-0.4, -0.2) is 16.7 Å². The van der Waals surface area contributed by atoms with E-state index >= 15 is 0 Å². The predicted molar refractivity (Wildman–Crippen MR) is 106 cm³/mol. The summed E-state index contributed by atoms with van der Waals surface area (Å²) in [5.41, 5.74) is 6.21. The lowest BCUT2D eigenvalue weighted by Gasteiger charge is -2.26. The summed E-state index contributed by atoms with van der Waals surface area (Å²) in [6.07, 6.45) is 13.6. The molecule has 2 heteroatoms. The molecule has 0 unspecified atom stereocenters. The maximum atomic E-state index is 9.64. The summed E-state index contributed by atoms with van der Waals surface area (Å²) in [6.45, 7) is 2.56. The topological polar surface area (TPSA) is 33.1 Å². The Morgan fingerprint density at radius 1 is 1.12 bits per heavy atom. The molecule has 0 aliphatic heterocycles. The van der Waals surface area contributed by atoms with Gasteiger partial charge in [-0.25, -0.2) is 0 Å². The first-order valence-electron chi connectivity index (χ1n) is 10.3. The first-order chi connectivity index (χ1) is 12.6. The summed E-state index contributed by atoms with van der Waals surface area (Å²) in [5, 5.41) is 9.64. The largest absolute Gasteiger partial charge is 0.396 e. The van der Waals surface area contributed by atoms with Gasteiger partial charge >= 0.3 is 0 Å². The zero-order chi connectivity index (χ0) is 18.0. The second-order valence-electron chi connectivity index (χ2n) is 8.94. The van der Waals surface area contributed by atoms with Crippen LogP contribution < -0.4 is 0 Å². The third-order valence-electron chi connectivity index (χ3n) is 6.84. The van der Waals surface area contributed by atoms with E-state index in [0.717, 1.165) is 18.8 Å². The molecule has 0 amide bonds. The van der Waals surface area contributed by atoms with Crippen molar-refractivity contribution < 1.29 is 5.11 Å². The molecule has 1 aromatic heterocycles. The van der Waals surface area contributed by atoms with E-state index in [1.54, 1.807) is 11.1 Å². The van der Waals surface area contributed by atoms with Gasteiger partial charge in [-0.1, -0.05) is 25.1 Å². The number of nitrogens with zero attached hydrogens (tertiary/aromatic N) is 1. The van der Waals surface area contributed by atoms with Gasteiger partial charge in [0.2, 0.25) is 0 Å². The van der Waals surface area contributed by atoms with Crippen LogP contribution in [-0.2, 0) is 19.3 Å². The molecule has 138 valence electrons. The Bertz CT molecular complexity index is 741. The van der Waals surface area contributed by atoms with Gasteiger partial charge in [0, 0.05) is 19.0 Å². The molecule has 26 heavy (non-hydrogen) atoms. The number of hydrogen-bond acceptors (Lipinski definition) is 2. The lowest BCUT2D eigenvalue weighted by Crippen LogP contribution is -2.17. The van der Waals surface area contributed by atoms with E-state index in [1.165, 1.54) is 49.7 Å². The van der Waals surface area contributed by atoms with Gasteiger partial charge in [0.15, 0.2) is 0 Å². The molecule has 0 spiro atoms. The molecule has 2 nitrogen and oxygen atoms in total. The van der Waals surface area contributed by atoms with Gasteiger partial charge in [-0.05, 0) is 103 Å². The molecule has 1 saturated carbocycles. The van der Waals surface area contributed by atoms with E-state index in [1.807, 2.05) is 12.4 Å². The van der Waals surface area contributed by atoms with Crippen molar-refractivity contribution in [3.8, 4) is 0 Å². The summed E-state index contributed by atoms with van der Waals surface area (Å²) < 4.78 is 0. The minimum absolute atomic E-state index is 0.138. The molecule has 4 rings (SSSR count). The minimum atomic E-state index is 0.138. The average Bonchev–Trinajstić information content (AvgIpc) is 3.09. The zero-order valence-electron chi connectivity index (χ0n) is 16.0. The highest BCUT2D eigenvalue weighted by Gasteiger charge is 2.35. The van der Waals surface area contributed by atoms with Crippen LogP contribution in [0.25, 0.3) is 0 Å². The summed E-state index contributed by atoms with van der Waals surface area (Å²) in [7, 11) is 0. The van der Waals surface area contributed by atoms with Gasteiger partial charge in [0.05, 0.1) is 0 Å². The number of fused-ring (bicyclic) bond motifs is 1. The van der Waals surface area contributed by atoms with Crippen molar-refractivity contribution in [2.75, 3.05) is 6.61 Å². The van der Waals surface area contributed by atoms with E-state index in [2.05, 4.69) is 42.2 Å². The monoisotopic (exact) mass is 349 g/mol. The normalized spacial score (nSPS) is 28.1. The molecule has 2 aliphatic rings. The molecule has 1 fully saturated rings. The summed E-state index contributed by atoms with van der Waals surface area (Å²) in [4.78, 5) is 4.11. The van der Waals surface area contributed by atoms with Crippen LogP contribution in [0.4, 0.5) is 0 Å². The third kappa shape index (κ3) is 3.86. The molecular formula is C24H31NO. The van der Waals surface area contributed by atoms with Crippen molar-refractivity contribution in [3.05, 3.63) is 65.0 Å². The number of aryl methyl sites for hydroxylation is 2. The smallest absolute Gasteiger partial charge is 0.0484 e.